The smallest absolute Gasteiger partial charge is 0.253 e. The van der Waals surface area contributed by atoms with Gasteiger partial charge in [-0.05, 0) is 37.1 Å². The average Bonchev–Trinajstić information content (AvgIpc) is 2.41. The SMILES string of the molecule is Cc1ccc(C(=O)N2CC/C(=N\O)C(C)C2)cc1C. The minimum atomic E-state index is 0.0620. The number of carbonyl (C=O) groups is 1. The lowest BCUT2D eigenvalue weighted by molar-refractivity contribution is 0.0734. The van der Waals surface area contributed by atoms with Crippen LogP contribution in [0.4, 0.5) is 0 Å². The molecule has 2 rings (SSSR count). The minimum Gasteiger partial charge on any atom is -0.411 e. The molecule has 1 N–H and O–H groups in total. The van der Waals surface area contributed by atoms with E-state index in [-0.39, 0.29) is 11.8 Å². The van der Waals surface area contributed by atoms with Crippen LogP contribution in [0.2, 0.25) is 0 Å². The summed E-state index contributed by atoms with van der Waals surface area (Å²) in [4.78, 5) is 14.3. The number of likely N-dealkylation sites (tertiary alicyclic amines) is 1. The molecule has 0 aromatic heterocycles. The van der Waals surface area contributed by atoms with Gasteiger partial charge in [0.1, 0.15) is 0 Å². The molecule has 1 saturated heterocycles. The van der Waals surface area contributed by atoms with E-state index in [0.29, 0.717) is 19.5 Å². The Kier molecular flexibility index (Phi) is 3.88. The van der Waals surface area contributed by atoms with Gasteiger partial charge in [-0.1, -0.05) is 18.1 Å². The monoisotopic (exact) mass is 260 g/mol. The molecule has 1 amide bonds. The average molecular weight is 260 g/mol. The molecule has 1 unspecified atom stereocenters. The summed E-state index contributed by atoms with van der Waals surface area (Å²) in [7, 11) is 0. The fourth-order valence-electron chi connectivity index (χ4n) is 2.41. The fourth-order valence-corrected chi connectivity index (χ4v) is 2.41. The zero-order chi connectivity index (χ0) is 14.0. The van der Waals surface area contributed by atoms with Gasteiger partial charge in [0.2, 0.25) is 0 Å². The van der Waals surface area contributed by atoms with Gasteiger partial charge >= 0.3 is 0 Å². The van der Waals surface area contributed by atoms with E-state index in [1.807, 2.05) is 43.9 Å². The molecule has 0 saturated carbocycles. The van der Waals surface area contributed by atoms with Crippen LogP contribution < -0.4 is 0 Å². The van der Waals surface area contributed by atoms with Gasteiger partial charge in [-0.25, -0.2) is 0 Å². The standard InChI is InChI=1S/C15H20N2O2/c1-10-4-5-13(8-11(10)2)15(18)17-7-6-14(16-19)12(3)9-17/h4-5,8,12,19H,6-7,9H2,1-3H3/b16-14+. The third kappa shape index (κ3) is 2.78. The zero-order valence-corrected chi connectivity index (χ0v) is 11.7. The van der Waals surface area contributed by atoms with E-state index in [4.69, 9.17) is 5.21 Å². The number of carbonyl (C=O) groups excluding carboxylic acids is 1. The van der Waals surface area contributed by atoms with Crippen molar-refractivity contribution in [2.75, 3.05) is 13.1 Å². The second-order valence-corrected chi connectivity index (χ2v) is 5.29. The van der Waals surface area contributed by atoms with Gasteiger partial charge in [0.05, 0.1) is 5.71 Å². The summed E-state index contributed by atoms with van der Waals surface area (Å²) in [6.45, 7) is 7.27. The quantitative estimate of drug-likeness (QED) is 0.623. The summed E-state index contributed by atoms with van der Waals surface area (Å²) in [5.41, 5.74) is 3.84. The Morgan fingerprint density at radius 2 is 2.11 bits per heavy atom. The Morgan fingerprint density at radius 3 is 2.68 bits per heavy atom. The first kappa shape index (κ1) is 13.6. The van der Waals surface area contributed by atoms with Crippen LogP contribution in [0.15, 0.2) is 23.4 Å². The lowest BCUT2D eigenvalue weighted by atomic mass is 9.96. The van der Waals surface area contributed by atoms with E-state index < -0.39 is 0 Å². The highest BCUT2D eigenvalue weighted by Gasteiger charge is 2.26. The molecule has 4 heteroatoms. The van der Waals surface area contributed by atoms with Crippen molar-refractivity contribution in [3.05, 3.63) is 34.9 Å². The van der Waals surface area contributed by atoms with Crippen LogP contribution >= 0.6 is 0 Å². The number of nitrogens with zero attached hydrogens (tertiary/aromatic N) is 2. The minimum absolute atomic E-state index is 0.0620. The van der Waals surface area contributed by atoms with Crippen molar-refractivity contribution in [3.63, 3.8) is 0 Å². The Hall–Kier alpha value is -1.84. The number of hydrogen-bond donors (Lipinski definition) is 1. The zero-order valence-electron chi connectivity index (χ0n) is 11.7. The van der Waals surface area contributed by atoms with Gasteiger partial charge < -0.3 is 10.1 Å². The van der Waals surface area contributed by atoms with Crippen molar-refractivity contribution in [2.24, 2.45) is 11.1 Å². The molecule has 1 aromatic carbocycles. The summed E-state index contributed by atoms with van der Waals surface area (Å²) in [5.74, 6) is 0.182. The Bertz CT molecular complexity index is 523. The number of benzene rings is 1. The molecule has 1 aliphatic heterocycles. The lowest BCUT2D eigenvalue weighted by Crippen LogP contribution is -2.43. The highest BCUT2D eigenvalue weighted by Crippen LogP contribution is 2.18. The van der Waals surface area contributed by atoms with E-state index in [9.17, 15) is 4.79 Å². The van der Waals surface area contributed by atoms with Crippen LogP contribution in [-0.2, 0) is 0 Å². The Labute approximate surface area is 113 Å². The summed E-state index contributed by atoms with van der Waals surface area (Å²) in [6.07, 6.45) is 0.647. The Morgan fingerprint density at radius 1 is 1.37 bits per heavy atom. The van der Waals surface area contributed by atoms with Gasteiger partial charge in [0.25, 0.3) is 5.91 Å². The van der Waals surface area contributed by atoms with Crippen LogP contribution in [0.1, 0.15) is 34.8 Å². The van der Waals surface area contributed by atoms with Crippen molar-refractivity contribution >= 4 is 11.6 Å². The molecule has 0 aliphatic carbocycles. The normalized spacial score (nSPS) is 21.7. The first-order chi connectivity index (χ1) is 9.02. The third-order valence-electron chi connectivity index (χ3n) is 3.87. The highest BCUT2D eigenvalue weighted by atomic mass is 16.4. The van der Waals surface area contributed by atoms with E-state index in [2.05, 4.69) is 5.16 Å². The second-order valence-electron chi connectivity index (χ2n) is 5.29. The topological polar surface area (TPSA) is 52.9 Å². The van der Waals surface area contributed by atoms with Crippen molar-refractivity contribution in [1.29, 1.82) is 0 Å². The van der Waals surface area contributed by atoms with Gasteiger partial charge in [-0.3, -0.25) is 4.79 Å². The predicted molar refractivity (Wildman–Crippen MR) is 74.8 cm³/mol. The summed E-state index contributed by atoms with van der Waals surface area (Å²) >= 11 is 0. The number of aryl methyl sites for hydroxylation is 2. The van der Waals surface area contributed by atoms with Gasteiger partial charge in [0.15, 0.2) is 0 Å². The molecule has 102 valence electrons. The van der Waals surface area contributed by atoms with Crippen molar-refractivity contribution in [3.8, 4) is 0 Å². The first-order valence-electron chi connectivity index (χ1n) is 6.60. The van der Waals surface area contributed by atoms with Crippen molar-refractivity contribution in [1.82, 2.24) is 4.90 Å². The van der Waals surface area contributed by atoms with Crippen LogP contribution in [0.25, 0.3) is 0 Å². The maximum Gasteiger partial charge on any atom is 0.253 e. The van der Waals surface area contributed by atoms with Crippen LogP contribution in [-0.4, -0.2) is 34.8 Å². The summed E-state index contributed by atoms with van der Waals surface area (Å²) in [6, 6.07) is 5.81. The molecule has 0 radical (unpaired) electrons. The van der Waals surface area contributed by atoms with Crippen LogP contribution in [0, 0.1) is 19.8 Å². The highest BCUT2D eigenvalue weighted by molar-refractivity contribution is 5.96. The molecule has 1 aromatic rings. The third-order valence-corrected chi connectivity index (χ3v) is 3.87. The summed E-state index contributed by atoms with van der Waals surface area (Å²) < 4.78 is 0. The Balaban J connectivity index is 2.14. The molecule has 0 spiro atoms. The van der Waals surface area contributed by atoms with E-state index >= 15 is 0 Å². The van der Waals surface area contributed by atoms with Gasteiger partial charge in [0, 0.05) is 31.0 Å². The molecular weight excluding hydrogens is 240 g/mol. The number of amides is 1. The number of oxime groups is 1. The fraction of sp³-hybridized carbons (Fsp3) is 0.467. The molecule has 1 aliphatic rings. The second kappa shape index (κ2) is 5.43. The van der Waals surface area contributed by atoms with Crippen molar-refractivity contribution < 1.29 is 10.0 Å². The molecule has 19 heavy (non-hydrogen) atoms. The maximum absolute atomic E-state index is 12.4. The predicted octanol–water partition coefficient (Wildman–Crippen LogP) is 2.62. The maximum atomic E-state index is 12.4. The van der Waals surface area contributed by atoms with E-state index in [0.717, 1.165) is 16.8 Å². The molecule has 0 bridgehead atoms. The number of hydrogen-bond acceptors (Lipinski definition) is 3. The summed E-state index contributed by atoms with van der Waals surface area (Å²) in [5, 5.41) is 12.2. The van der Waals surface area contributed by atoms with Gasteiger partial charge in [-0.15, -0.1) is 0 Å². The van der Waals surface area contributed by atoms with Crippen molar-refractivity contribution in [2.45, 2.75) is 27.2 Å². The van der Waals surface area contributed by atoms with E-state index in [1.54, 1.807) is 0 Å². The first-order valence-corrected chi connectivity index (χ1v) is 6.60. The molecule has 1 fully saturated rings. The lowest BCUT2D eigenvalue weighted by Gasteiger charge is -2.31. The molecule has 1 atom stereocenters. The molecule has 1 heterocycles. The number of rotatable bonds is 1. The largest absolute Gasteiger partial charge is 0.411 e. The van der Waals surface area contributed by atoms with Crippen LogP contribution in [0.5, 0.6) is 0 Å². The van der Waals surface area contributed by atoms with Gasteiger partial charge in [-0.2, -0.15) is 0 Å². The van der Waals surface area contributed by atoms with Crippen LogP contribution in [0.3, 0.4) is 0 Å². The molecule has 4 nitrogen and oxygen atoms in total. The molecular formula is C15H20N2O2. The van der Waals surface area contributed by atoms with E-state index in [1.165, 1.54) is 5.56 Å². The number of piperidine rings is 1.